The lowest BCUT2D eigenvalue weighted by molar-refractivity contribution is -0.132. The number of fused-ring (bicyclic) bond motifs is 1. The van der Waals surface area contributed by atoms with Gasteiger partial charge >= 0.3 is 0 Å². The first-order valence-corrected chi connectivity index (χ1v) is 13.2. The van der Waals surface area contributed by atoms with Crippen LogP contribution in [0.4, 0.5) is 0 Å². The first-order chi connectivity index (χ1) is 15.5. The summed E-state index contributed by atoms with van der Waals surface area (Å²) in [6.45, 7) is 8.06. The van der Waals surface area contributed by atoms with E-state index in [9.17, 15) is 18.3 Å². The second-order valence-corrected chi connectivity index (χ2v) is 11.7. The van der Waals surface area contributed by atoms with E-state index in [0.717, 1.165) is 19.3 Å². The fourth-order valence-corrected chi connectivity index (χ4v) is 5.71. The predicted octanol–water partition coefficient (Wildman–Crippen LogP) is 2.72. The first-order valence-electron chi connectivity index (χ1n) is 11.7. The minimum absolute atomic E-state index is 0.0604. The molecule has 1 fully saturated rings. The largest absolute Gasteiger partial charge is 0.487 e. The van der Waals surface area contributed by atoms with Crippen LogP contribution in [0.5, 0.6) is 5.75 Å². The van der Waals surface area contributed by atoms with Crippen LogP contribution in [0.1, 0.15) is 52.5 Å². The second kappa shape index (κ2) is 10.5. The summed E-state index contributed by atoms with van der Waals surface area (Å²) in [5.74, 6) is 6.91. The minimum Gasteiger partial charge on any atom is -0.487 e. The molecule has 33 heavy (non-hydrogen) atoms. The van der Waals surface area contributed by atoms with E-state index in [1.165, 1.54) is 10.4 Å². The molecule has 1 aromatic carbocycles. The van der Waals surface area contributed by atoms with Crippen molar-refractivity contribution in [2.75, 3.05) is 26.7 Å². The van der Waals surface area contributed by atoms with Crippen molar-refractivity contribution in [2.24, 2.45) is 17.8 Å². The maximum Gasteiger partial charge on any atom is 0.247 e. The number of hydrogen-bond donors (Lipinski definition) is 1. The Labute approximate surface area is 198 Å². The summed E-state index contributed by atoms with van der Waals surface area (Å²) in [5, 5.41) is 9.75. The van der Waals surface area contributed by atoms with Crippen molar-refractivity contribution < 1.29 is 23.1 Å². The highest BCUT2D eigenvalue weighted by molar-refractivity contribution is 7.89. The molecule has 1 aliphatic heterocycles. The predicted molar refractivity (Wildman–Crippen MR) is 127 cm³/mol. The van der Waals surface area contributed by atoms with Crippen LogP contribution < -0.4 is 4.74 Å². The Morgan fingerprint density at radius 2 is 2.00 bits per heavy atom. The van der Waals surface area contributed by atoms with Crippen molar-refractivity contribution in [1.29, 1.82) is 0 Å². The van der Waals surface area contributed by atoms with Gasteiger partial charge in [0.15, 0.2) is 0 Å². The van der Waals surface area contributed by atoms with Crippen LogP contribution in [0.3, 0.4) is 0 Å². The summed E-state index contributed by atoms with van der Waals surface area (Å²) in [7, 11) is -2.12. The molecule has 2 aliphatic rings. The van der Waals surface area contributed by atoms with Crippen molar-refractivity contribution >= 4 is 15.9 Å². The van der Waals surface area contributed by atoms with E-state index in [-0.39, 0.29) is 41.5 Å². The summed E-state index contributed by atoms with van der Waals surface area (Å²) >= 11 is 0. The number of aliphatic hydroxyl groups excluding tert-OH is 1. The lowest BCUT2D eigenvalue weighted by atomic mass is 10.0. The fourth-order valence-electron chi connectivity index (χ4n) is 3.88. The number of amides is 1. The monoisotopic (exact) mass is 476 g/mol. The molecule has 1 N–H and O–H groups in total. The number of carbonyl (C=O) groups excluding carboxylic acids is 1. The van der Waals surface area contributed by atoms with E-state index < -0.39 is 22.2 Å². The van der Waals surface area contributed by atoms with Gasteiger partial charge in [-0.3, -0.25) is 4.79 Å². The van der Waals surface area contributed by atoms with Gasteiger partial charge in [0.2, 0.25) is 15.9 Å². The quantitative estimate of drug-likeness (QED) is 0.638. The third-order valence-electron chi connectivity index (χ3n) is 6.17. The van der Waals surface area contributed by atoms with Crippen LogP contribution in [0.25, 0.3) is 0 Å². The maximum absolute atomic E-state index is 13.5. The van der Waals surface area contributed by atoms with Crippen LogP contribution in [0, 0.1) is 29.6 Å². The average molecular weight is 477 g/mol. The topological polar surface area (TPSA) is 87.2 Å². The molecular weight excluding hydrogens is 440 g/mol. The van der Waals surface area contributed by atoms with E-state index in [1.54, 1.807) is 31.0 Å². The van der Waals surface area contributed by atoms with Crippen molar-refractivity contribution in [3.05, 3.63) is 23.8 Å². The molecule has 0 aromatic heterocycles. The first kappa shape index (κ1) is 25.5. The highest BCUT2D eigenvalue weighted by Crippen LogP contribution is 2.35. The third-order valence-corrected chi connectivity index (χ3v) is 8.19. The zero-order chi connectivity index (χ0) is 24.3. The van der Waals surface area contributed by atoms with Crippen molar-refractivity contribution in [3.8, 4) is 17.6 Å². The molecule has 1 heterocycles. The highest BCUT2D eigenvalue weighted by Gasteiger charge is 2.39. The summed E-state index contributed by atoms with van der Waals surface area (Å²) in [5.41, 5.74) is 0.681. The molecule has 3 atom stereocenters. The van der Waals surface area contributed by atoms with Gasteiger partial charge in [-0.05, 0) is 43.9 Å². The number of hydrogen-bond acceptors (Lipinski definition) is 5. The van der Waals surface area contributed by atoms with Gasteiger partial charge in [-0.25, -0.2) is 8.42 Å². The summed E-state index contributed by atoms with van der Waals surface area (Å²) in [6, 6.07) is 4.32. The van der Waals surface area contributed by atoms with Gasteiger partial charge in [0.25, 0.3) is 0 Å². The summed E-state index contributed by atoms with van der Waals surface area (Å²) < 4.78 is 34.7. The molecular formula is C25H36N2O5S. The van der Waals surface area contributed by atoms with E-state index in [2.05, 4.69) is 25.7 Å². The molecule has 1 saturated carbocycles. The number of rotatable bonds is 6. The van der Waals surface area contributed by atoms with Crippen molar-refractivity contribution in [2.45, 2.75) is 64.0 Å². The lowest BCUT2D eigenvalue weighted by Crippen LogP contribution is -2.50. The Hall–Kier alpha value is -2.08. The second-order valence-electron chi connectivity index (χ2n) is 9.79. The fraction of sp³-hybridized carbons (Fsp3) is 0.640. The average Bonchev–Trinajstić information content (AvgIpc) is 3.60. The smallest absolute Gasteiger partial charge is 0.247 e. The normalized spacial score (nSPS) is 23.4. The third kappa shape index (κ3) is 6.08. The number of aliphatic hydroxyl groups is 1. The zero-order valence-electron chi connectivity index (χ0n) is 20.2. The molecule has 0 radical (unpaired) electrons. The maximum atomic E-state index is 13.5. The van der Waals surface area contributed by atoms with Crippen LogP contribution in [0.2, 0.25) is 0 Å². The Morgan fingerprint density at radius 3 is 2.61 bits per heavy atom. The molecule has 0 bridgehead atoms. The molecule has 1 aliphatic carbocycles. The molecule has 0 unspecified atom stereocenters. The number of likely N-dealkylation sites (N-methyl/N-ethyl adjacent to an activating group) is 1. The molecule has 1 amide bonds. The number of benzene rings is 1. The molecule has 0 spiro atoms. The lowest BCUT2D eigenvalue weighted by Gasteiger charge is -2.37. The van der Waals surface area contributed by atoms with Gasteiger partial charge in [-0.15, -0.1) is 0 Å². The van der Waals surface area contributed by atoms with Gasteiger partial charge in [-0.2, -0.15) is 4.31 Å². The molecule has 8 heteroatoms. The zero-order valence-corrected chi connectivity index (χ0v) is 21.1. The Balaban J connectivity index is 2.00. The van der Waals surface area contributed by atoms with Gasteiger partial charge in [0, 0.05) is 43.5 Å². The molecule has 3 rings (SSSR count). The van der Waals surface area contributed by atoms with E-state index in [4.69, 9.17) is 4.74 Å². The van der Waals surface area contributed by atoms with Crippen LogP contribution in [-0.4, -0.2) is 67.5 Å². The molecule has 0 saturated heterocycles. The standard InChI is InChI=1S/C25H36N2O5S/c1-17(2)7-6-8-20-9-12-24-22(13-20)32-23(15-26(5)25(29)21-10-11-21)18(3)14-27(19(4)16-28)33(24,30)31/h9,12-13,17-19,21,23,28H,7,10-11,14-16H2,1-5H3/t18-,19-,23+/m1/s1. The van der Waals surface area contributed by atoms with E-state index in [0.29, 0.717) is 18.0 Å². The van der Waals surface area contributed by atoms with Crippen LogP contribution >= 0.6 is 0 Å². The van der Waals surface area contributed by atoms with E-state index >= 15 is 0 Å². The Bertz CT molecular complexity index is 1020. The van der Waals surface area contributed by atoms with Gasteiger partial charge in [-0.1, -0.05) is 32.6 Å². The van der Waals surface area contributed by atoms with Gasteiger partial charge in [0.05, 0.1) is 13.2 Å². The molecule has 7 nitrogen and oxygen atoms in total. The Kier molecular flexibility index (Phi) is 8.09. The highest BCUT2D eigenvalue weighted by atomic mass is 32.2. The molecule has 182 valence electrons. The summed E-state index contributed by atoms with van der Waals surface area (Å²) in [6.07, 6.45) is 2.18. The van der Waals surface area contributed by atoms with Crippen LogP contribution in [0.15, 0.2) is 23.1 Å². The number of nitrogens with zero attached hydrogens (tertiary/aromatic N) is 2. The van der Waals surface area contributed by atoms with E-state index in [1.807, 2.05) is 6.92 Å². The van der Waals surface area contributed by atoms with Gasteiger partial charge < -0.3 is 14.7 Å². The van der Waals surface area contributed by atoms with Crippen molar-refractivity contribution in [1.82, 2.24) is 9.21 Å². The van der Waals surface area contributed by atoms with Gasteiger partial charge in [0.1, 0.15) is 16.7 Å². The van der Waals surface area contributed by atoms with Crippen molar-refractivity contribution in [3.63, 3.8) is 0 Å². The minimum atomic E-state index is -3.89. The number of sulfonamides is 1. The SMILES string of the molecule is CC(C)CC#Cc1ccc2c(c1)O[C@@H](CN(C)C(=O)C1CC1)[C@H](C)CN([C@H](C)CO)S2(=O)=O. The van der Waals surface area contributed by atoms with Crippen LogP contribution in [-0.2, 0) is 14.8 Å². The molecule has 1 aromatic rings. The number of carbonyl (C=O) groups is 1. The number of ether oxygens (including phenoxy) is 1. The summed E-state index contributed by atoms with van der Waals surface area (Å²) in [4.78, 5) is 14.3. The Morgan fingerprint density at radius 1 is 1.30 bits per heavy atom.